The average Bonchev–Trinajstić information content (AvgIpc) is 3.30. The van der Waals surface area contributed by atoms with Crippen LogP contribution in [0.25, 0.3) is 22.3 Å². The summed E-state index contributed by atoms with van der Waals surface area (Å²) in [4.78, 5) is 12.4. The maximum Gasteiger partial charge on any atom is 0.432 e. The standard InChI is InChI=1S/C47H32F14O5.2CH3F/c48-35-14-10-30(22-39(35)52)65-47(60,61)44-40(53)18-26(19-41(44)54)33-12-9-29(21-37(33)50)64-16-4-2-6-27(62)5-1-3-15-63-28-8-11-32(36(49)20-28)25-7-13-34(38(51)17-25)46(58,59)66-31-23-42(55)45(57)43(56)24-31;2*1-2/h7-14,17-24H,1-6,15-16H2;2*1H3. The number of hydrogen-bond acceptors (Lipinski definition) is 5. The SMILES string of the molecule is CF.CF.O=C(CCCCOc1ccc(-c2ccc(C(F)(F)Oc3cc(F)c(F)c(F)c3)c(F)c2)c(F)c1)CCCCOc1ccc(-c2cc(F)c(C(F)(F)Oc3ccc(F)c(F)c3)c(F)c2)c(F)c1. The van der Waals surface area contributed by atoms with Gasteiger partial charge in [0.2, 0.25) is 0 Å². The van der Waals surface area contributed by atoms with Crippen LogP contribution in [0.2, 0.25) is 0 Å². The molecule has 6 aromatic rings. The van der Waals surface area contributed by atoms with E-state index >= 15 is 0 Å². The molecule has 376 valence electrons. The summed E-state index contributed by atoms with van der Waals surface area (Å²) in [5.41, 5.74) is -4.30. The van der Waals surface area contributed by atoms with Crippen molar-refractivity contribution in [2.45, 2.75) is 50.7 Å². The second-order valence-corrected chi connectivity index (χ2v) is 14.5. The van der Waals surface area contributed by atoms with Crippen LogP contribution < -0.4 is 18.9 Å². The van der Waals surface area contributed by atoms with Gasteiger partial charge in [0.05, 0.1) is 33.1 Å². The highest BCUT2D eigenvalue weighted by molar-refractivity contribution is 5.78. The normalized spacial score (nSPS) is 11.2. The summed E-state index contributed by atoms with van der Waals surface area (Å²) >= 11 is 0. The van der Waals surface area contributed by atoms with Crippen molar-refractivity contribution in [3.05, 3.63) is 166 Å². The zero-order valence-electron chi connectivity index (χ0n) is 36.5. The lowest BCUT2D eigenvalue weighted by Crippen LogP contribution is -2.25. The van der Waals surface area contributed by atoms with Gasteiger partial charge in [-0.3, -0.25) is 13.6 Å². The molecule has 0 unspecified atom stereocenters. The molecule has 0 radical (unpaired) electrons. The van der Waals surface area contributed by atoms with Gasteiger partial charge in [0.15, 0.2) is 29.1 Å². The lowest BCUT2D eigenvalue weighted by atomic mass is 10.0. The van der Waals surface area contributed by atoms with Crippen LogP contribution in [0.5, 0.6) is 23.0 Å². The summed E-state index contributed by atoms with van der Waals surface area (Å²) in [7, 11) is 1.00. The van der Waals surface area contributed by atoms with Crippen molar-refractivity contribution in [2.24, 2.45) is 0 Å². The highest BCUT2D eigenvalue weighted by atomic mass is 19.3. The van der Waals surface area contributed by atoms with Crippen LogP contribution in [0.3, 0.4) is 0 Å². The summed E-state index contributed by atoms with van der Waals surface area (Å²) in [5, 5.41) is 0. The van der Waals surface area contributed by atoms with E-state index in [0.717, 1.165) is 24.3 Å². The van der Waals surface area contributed by atoms with Crippen molar-refractivity contribution >= 4 is 5.78 Å². The summed E-state index contributed by atoms with van der Waals surface area (Å²) in [5.74, 6) is -17.4. The van der Waals surface area contributed by atoms with E-state index < -0.39 is 98.6 Å². The molecule has 0 amide bonds. The molecule has 6 aromatic carbocycles. The monoisotopic (exact) mass is 1010 g/mol. The Kier molecular flexibility index (Phi) is 19.9. The Hall–Kier alpha value is -6.93. The fourth-order valence-electron chi connectivity index (χ4n) is 6.45. The van der Waals surface area contributed by atoms with Gasteiger partial charge < -0.3 is 18.9 Å². The number of benzene rings is 6. The molecule has 0 bridgehead atoms. The van der Waals surface area contributed by atoms with Gasteiger partial charge in [-0.05, 0) is 97.5 Å². The van der Waals surface area contributed by atoms with Gasteiger partial charge >= 0.3 is 12.2 Å². The number of alkyl halides is 6. The summed E-state index contributed by atoms with van der Waals surface area (Å²) < 4.78 is 238. The molecule has 21 heteroatoms. The van der Waals surface area contributed by atoms with E-state index in [-0.39, 0.29) is 78.2 Å². The number of hydrogen-bond donors (Lipinski definition) is 0. The Morgan fingerprint density at radius 1 is 0.414 bits per heavy atom. The molecule has 5 nitrogen and oxygen atoms in total. The number of carbonyl (C=O) groups excluding carboxylic acids is 1. The first-order valence-electron chi connectivity index (χ1n) is 20.4. The minimum absolute atomic E-state index is 0.0313. The van der Waals surface area contributed by atoms with Crippen LogP contribution >= 0.6 is 0 Å². The van der Waals surface area contributed by atoms with E-state index in [1.165, 1.54) is 18.2 Å². The molecule has 0 saturated heterocycles. The van der Waals surface area contributed by atoms with Gasteiger partial charge in [-0.2, -0.15) is 17.6 Å². The second kappa shape index (κ2) is 25.1. The smallest absolute Gasteiger partial charge is 0.432 e. The van der Waals surface area contributed by atoms with Gasteiger partial charge in [-0.1, -0.05) is 6.07 Å². The van der Waals surface area contributed by atoms with Gasteiger partial charge in [-0.25, -0.2) is 43.9 Å². The van der Waals surface area contributed by atoms with Crippen molar-refractivity contribution in [1.29, 1.82) is 0 Å². The molecule has 0 spiro atoms. The molecule has 0 aromatic heterocycles. The topological polar surface area (TPSA) is 54.0 Å². The number of unbranched alkanes of at least 4 members (excludes halogenated alkanes) is 2. The Morgan fingerprint density at radius 3 is 1.34 bits per heavy atom. The van der Waals surface area contributed by atoms with E-state index in [4.69, 9.17) is 9.47 Å². The maximum atomic E-state index is 15.0. The van der Waals surface area contributed by atoms with Crippen molar-refractivity contribution < 1.29 is 94.0 Å². The summed E-state index contributed by atoms with van der Waals surface area (Å²) in [6.07, 6.45) is -7.08. The molecule has 6 rings (SSSR count). The minimum Gasteiger partial charge on any atom is -0.493 e. The third-order valence-corrected chi connectivity index (χ3v) is 9.70. The van der Waals surface area contributed by atoms with Crippen LogP contribution in [0, 0.1) is 58.2 Å². The number of ketones is 1. The Labute approximate surface area is 389 Å². The zero-order valence-corrected chi connectivity index (χ0v) is 36.5. The molecule has 70 heavy (non-hydrogen) atoms. The number of halogens is 16. The predicted molar refractivity (Wildman–Crippen MR) is 223 cm³/mol. The largest absolute Gasteiger partial charge is 0.493 e. The van der Waals surface area contributed by atoms with Crippen molar-refractivity contribution in [1.82, 2.24) is 0 Å². The Morgan fingerprint density at radius 2 is 0.857 bits per heavy atom. The summed E-state index contributed by atoms with van der Waals surface area (Å²) in [6, 6.07) is 11.6. The second-order valence-electron chi connectivity index (χ2n) is 14.5. The number of ether oxygens (including phenoxy) is 4. The van der Waals surface area contributed by atoms with Gasteiger partial charge in [-0.15, -0.1) is 0 Å². The fraction of sp³-hybridized carbons (Fsp3) is 0.245. The zero-order chi connectivity index (χ0) is 51.9. The molecular formula is C49H38F16O5. The maximum absolute atomic E-state index is 15.0. The molecule has 0 atom stereocenters. The quantitative estimate of drug-likeness (QED) is 0.0433. The highest BCUT2D eigenvalue weighted by Gasteiger charge is 2.42. The first-order chi connectivity index (χ1) is 33.2. The number of carbonyl (C=O) groups is 1. The molecule has 0 aliphatic heterocycles. The van der Waals surface area contributed by atoms with Gasteiger partial charge in [0, 0.05) is 54.3 Å². The highest BCUT2D eigenvalue weighted by Crippen LogP contribution is 2.39. The van der Waals surface area contributed by atoms with E-state index in [1.54, 1.807) is 0 Å². The molecule has 0 N–H and O–H groups in total. The lowest BCUT2D eigenvalue weighted by molar-refractivity contribution is -0.189. The van der Waals surface area contributed by atoms with Crippen molar-refractivity contribution in [2.75, 3.05) is 27.6 Å². The Balaban J connectivity index is 0.00000260. The molecule has 0 aliphatic carbocycles. The van der Waals surface area contributed by atoms with E-state index in [9.17, 15) is 75.0 Å². The Bertz CT molecular complexity index is 2690. The van der Waals surface area contributed by atoms with Gasteiger partial charge in [0.25, 0.3) is 0 Å². The molecular weight excluding hydrogens is 973 g/mol. The third kappa shape index (κ3) is 14.5. The van der Waals surface area contributed by atoms with Crippen LogP contribution in [0.4, 0.5) is 70.2 Å². The molecule has 0 fully saturated rings. The number of rotatable bonds is 20. The van der Waals surface area contributed by atoms with Crippen LogP contribution in [-0.2, 0) is 17.0 Å². The fourth-order valence-corrected chi connectivity index (χ4v) is 6.45. The molecule has 0 aliphatic rings. The summed E-state index contributed by atoms with van der Waals surface area (Å²) in [6.45, 7) is 0.161. The first kappa shape index (κ1) is 55.7. The van der Waals surface area contributed by atoms with Gasteiger partial charge in [0.1, 0.15) is 63.4 Å². The molecule has 0 saturated carbocycles. The van der Waals surface area contributed by atoms with Crippen LogP contribution in [-0.4, -0.2) is 33.4 Å². The lowest BCUT2D eigenvalue weighted by Gasteiger charge is -2.20. The minimum atomic E-state index is -4.66. The van der Waals surface area contributed by atoms with Crippen LogP contribution in [0.1, 0.15) is 49.7 Å². The number of Topliss-reactive ketones (excluding diaryl/α,β-unsaturated/α-hetero) is 1. The van der Waals surface area contributed by atoms with E-state index in [1.807, 2.05) is 0 Å². The predicted octanol–water partition coefficient (Wildman–Crippen LogP) is 15.2. The van der Waals surface area contributed by atoms with Crippen molar-refractivity contribution in [3.63, 3.8) is 0 Å². The van der Waals surface area contributed by atoms with E-state index in [0.29, 0.717) is 76.4 Å². The average molecular weight is 1010 g/mol. The van der Waals surface area contributed by atoms with Crippen LogP contribution in [0.15, 0.2) is 97.1 Å². The first-order valence-corrected chi connectivity index (χ1v) is 20.4. The van der Waals surface area contributed by atoms with Crippen molar-refractivity contribution in [3.8, 4) is 45.3 Å². The molecule has 0 heterocycles. The van der Waals surface area contributed by atoms with E-state index in [2.05, 4.69) is 9.47 Å². The third-order valence-electron chi connectivity index (χ3n) is 9.70.